The van der Waals surface area contributed by atoms with Gasteiger partial charge in [-0.25, -0.2) is 0 Å². The molecule has 0 atom stereocenters. The molecule has 3 N–H and O–H groups in total. The summed E-state index contributed by atoms with van der Waals surface area (Å²) in [5.41, 5.74) is 0. The van der Waals surface area contributed by atoms with E-state index in [0.717, 1.165) is 17.8 Å². The maximum absolute atomic E-state index is 11.2. The van der Waals surface area contributed by atoms with Crippen molar-refractivity contribution in [2.75, 3.05) is 20.6 Å². The first-order valence-electron chi connectivity index (χ1n) is 7.24. The highest BCUT2D eigenvalue weighted by Crippen LogP contribution is 2.29. The van der Waals surface area contributed by atoms with Crippen molar-refractivity contribution >= 4 is 35.8 Å². The average Bonchev–Trinajstić information content (AvgIpc) is 2.43. The number of carbonyl (C=O) groups is 1. The average molecular weight is 396 g/mol. The number of carbonyl (C=O) groups excluding carboxylic acids is 1. The van der Waals surface area contributed by atoms with Gasteiger partial charge in [0, 0.05) is 20.1 Å². The molecule has 6 heteroatoms. The van der Waals surface area contributed by atoms with E-state index in [0.29, 0.717) is 6.04 Å². The van der Waals surface area contributed by atoms with E-state index < -0.39 is 0 Å². The van der Waals surface area contributed by atoms with Crippen molar-refractivity contribution in [2.45, 2.75) is 45.6 Å². The summed E-state index contributed by atoms with van der Waals surface area (Å²) in [6.07, 6.45) is 4.93. The summed E-state index contributed by atoms with van der Waals surface area (Å²) >= 11 is 0. The second kappa shape index (κ2) is 10.2. The standard InChI is InChI=1S/C14H28N4O.HI/c1-10(2)11-5-7-12(8-6-11)18-14(16-4)17-9-13(19)15-3;/h10-12H,5-9H2,1-4H3,(H,15,19)(H2,16,17,18);1H. The minimum absolute atomic E-state index is 0. The molecule has 5 nitrogen and oxygen atoms in total. The van der Waals surface area contributed by atoms with Gasteiger partial charge in [-0.1, -0.05) is 13.8 Å². The molecular formula is C14H29IN4O. The van der Waals surface area contributed by atoms with E-state index in [9.17, 15) is 4.79 Å². The minimum atomic E-state index is -0.0357. The predicted molar refractivity (Wildman–Crippen MR) is 94.6 cm³/mol. The van der Waals surface area contributed by atoms with Crippen molar-refractivity contribution in [3.63, 3.8) is 0 Å². The molecule has 1 amide bonds. The van der Waals surface area contributed by atoms with Crippen molar-refractivity contribution in [2.24, 2.45) is 16.8 Å². The van der Waals surface area contributed by atoms with Crippen LogP contribution in [0, 0.1) is 11.8 Å². The number of rotatable bonds is 4. The molecule has 118 valence electrons. The second-order valence-corrected chi connectivity index (χ2v) is 5.60. The quantitative estimate of drug-likeness (QED) is 0.385. The number of nitrogens with one attached hydrogen (secondary N) is 3. The molecule has 0 radical (unpaired) electrons. The third-order valence-corrected chi connectivity index (χ3v) is 3.97. The lowest BCUT2D eigenvalue weighted by Crippen LogP contribution is -2.47. The molecule has 1 aliphatic rings. The van der Waals surface area contributed by atoms with Crippen LogP contribution in [0.2, 0.25) is 0 Å². The normalized spacial score (nSPS) is 22.9. The topological polar surface area (TPSA) is 65.5 Å². The lowest BCUT2D eigenvalue weighted by molar-refractivity contribution is -0.119. The van der Waals surface area contributed by atoms with Crippen LogP contribution in [0.3, 0.4) is 0 Å². The van der Waals surface area contributed by atoms with Crippen LogP contribution < -0.4 is 16.0 Å². The van der Waals surface area contributed by atoms with Crippen LogP contribution in [0.15, 0.2) is 4.99 Å². The van der Waals surface area contributed by atoms with Crippen LogP contribution in [0.25, 0.3) is 0 Å². The Hall–Kier alpha value is -0.530. The molecular weight excluding hydrogens is 367 g/mol. The van der Waals surface area contributed by atoms with E-state index >= 15 is 0 Å². The van der Waals surface area contributed by atoms with Gasteiger partial charge >= 0.3 is 0 Å². The lowest BCUT2D eigenvalue weighted by Gasteiger charge is -2.32. The Balaban J connectivity index is 0.00000361. The number of likely N-dealkylation sites (N-methyl/N-ethyl adjacent to an activating group) is 1. The van der Waals surface area contributed by atoms with E-state index in [-0.39, 0.29) is 36.4 Å². The van der Waals surface area contributed by atoms with Crippen LogP contribution >= 0.6 is 24.0 Å². The zero-order valence-electron chi connectivity index (χ0n) is 13.0. The molecule has 1 fully saturated rings. The van der Waals surface area contributed by atoms with E-state index in [4.69, 9.17) is 0 Å². The highest BCUT2D eigenvalue weighted by atomic mass is 127. The van der Waals surface area contributed by atoms with Gasteiger partial charge in [-0.05, 0) is 37.5 Å². The SMILES string of the molecule is CN=C(NCC(=O)NC)NC1CCC(C(C)C)CC1.I. The first kappa shape index (κ1) is 19.5. The zero-order valence-corrected chi connectivity index (χ0v) is 15.4. The van der Waals surface area contributed by atoms with E-state index in [1.165, 1.54) is 25.7 Å². The highest BCUT2D eigenvalue weighted by Gasteiger charge is 2.23. The molecule has 0 saturated heterocycles. The van der Waals surface area contributed by atoms with E-state index in [2.05, 4.69) is 34.8 Å². The number of guanidine groups is 1. The summed E-state index contributed by atoms with van der Waals surface area (Å²) in [4.78, 5) is 15.3. The van der Waals surface area contributed by atoms with Gasteiger partial charge < -0.3 is 16.0 Å². The Morgan fingerprint density at radius 1 is 1.25 bits per heavy atom. The van der Waals surface area contributed by atoms with E-state index in [1.807, 2.05) is 0 Å². The van der Waals surface area contributed by atoms with Gasteiger partial charge in [0.25, 0.3) is 0 Å². The first-order valence-corrected chi connectivity index (χ1v) is 7.24. The number of nitrogens with zero attached hydrogens (tertiary/aromatic N) is 1. The maximum atomic E-state index is 11.2. The Kier molecular flexibility index (Phi) is 9.96. The summed E-state index contributed by atoms with van der Waals surface area (Å²) in [6.45, 7) is 4.88. The van der Waals surface area contributed by atoms with Gasteiger partial charge in [-0.2, -0.15) is 0 Å². The molecule has 0 aromatic carbocycles. The van der Waals surface area contributed by atoms with Crippen LogP contribution in [0.4, 0.5) is 0 Å². The number of aliphatic imine (C=N–C) groups is 1. The van der Waals surface area contributed by atoms with Crippen LogP contribution in [0.5, 0.6) is 0 Å². The number of halogens is 1. The number of hydrogen-bond acceptors (Lipinski definition) is 2. The van der Waals surface area contributed by atoms with Crippen LogP contribution in [-0.2, 0) is 4.79 Å². The van der Waals surface area contributed by atoms with E-state index in [1.54, 1.807) is 14.1 Å². The Morgan fingerprint density at radius 2 is 1.85 bits per heavy atom. The summed E-state index contributed by atoms with van der Waals surface area (Å²) in [7, 11) is 3.37. The second-order valence-electron chi connectivity index (χ2n) is 5.60. The molecule has 1 rings (SSSR count). The molecule has 1 aliphatic carbocycles. The first-order chi connectivity index (χ1) is 9.06. The Labute approximate surface area is 139 Å². The molecule has 0 bridgehead atoms. The third kappa shape index (κ3) is 6.76. The molecule has 0 spiro atoms. The minimum Gasteiger partial charge on any atom is -0.358 e. The lowest BCUT2D eigenvalue weighted by atomic mass is 9.80. The molecule has 0 aromatic rings. The van der Waals surface area contributed by atoms with Crippen molar-refractivity contribution in [3.05, 3.63) is 0 Å². The molecule has 0 heterocycles. The molecule has 0 unspecified atom stereocenters. The fourth-order valence-electron chi connectivity index (χ4n) is 2.57. The number of amides is 1. The van der Waals surface area contributed by atoms with Gasteiger partial charge in [0.15, 0.2) is 5.96 Å². The number of hydrogen-bond donors (Lipinski definition) is 3. The predicted octanol–water partition coefficient (Wildman–Crippen LogP) is 1.73. The molecule has 20 heavy (non-hydrogen) atoms. The van der Waals surface area contributed by atoms with Gasteiger partial charge in [0.2, 0.25) is 5.91 Å². The van der Waals surface area contributed by atoms with Gasteiger partial charge in [-0.3, -0.25) is 9.79 Å². The Bertz CT molecular complexity index is 312. The van der Waals surface area contributed by atoms with Crippen LogP contribution in [-0.4, -0.2) is 38.5 Å². The summed E-state index contributed by atoms with van der Waals surface area (Å²) in [5, 5.41) is 9.01. The van der Waals surface area contributed by atoms with Gasteiger partial charge in [0.05, 0.1) is 6.54 Å². The summed E-state index contributed by atoms with van der Waals surface area (Å²) < 4.78 is 0. The highest BCUT2D eigenvalue weighted by molar-refractivity contribution is 14.0. The van der Waals surface area contributed by atoms with Gasteiger partial charge in [-0.15, -0.1) is 24.0 Å². The van der Waals surface area contributed by atoms with Crippen LogP contribution in [0.1, 0.15) is 39.5 Å². The molecule has 1 saturated carbocycles. The fraction of sp³-hybridized carbons (Fsp3) is 0.857. The monoisotopic (exact) mass is 396 g/mol. The van der Waals surface area contributed by atoms with Crippen molar-refractivity contribution in [1.29, 1.82) is 0 Å². The summed E-state index contributed by atoms with van der Waals surface area (Å²) in [5.74, 6) is 2.33. The fourth-order valence-corrected chi connectivity index (χ4v) is 2.57. The molecule has 0 aliphatic heterocycles. The molecule has 0 aromatic heterocycles. The smallest absolute Gasteiger partial charge is 0.239 e. The van der Waals surface area contributed by atoms with Crippen molar-refractivity contribution in [1.82, 2.24) is 16.0 Å². The van der Waals surface area contributed by atoms with Crippen molar-refractivity contribution < 1.29 is 4.79 Å². The summed E-state index contributed by atoms with van der Waals surface area (Å²) in [6, 6.07) is 0.478. The van der Waals surface area contributed by atoms with Crippen molar-refractivity contribution in [3.8, 4) is 0 Å². The van der Waals surface area contributed by atoms with Gasteiger partial charge in [0.1, 0.15) is 0 Å². The zero-order chi connectivity index (χ0) is 14.3. The Morgan fingerprint density at radius 3 is 2.30 bits per heavy atom. The maximum Gasteiger partial charge on any atom is 0.239 e. The largest absolute Gasteiger partial charge is 0.358 e. The third-order valence-electron chi connectivity index (χ3n) is 3.97.